The smallest absolute Gasteiger partial charge is 0.290 e. The zero-order valence-electron chi connectivity index (χ0n) is 15.3. The average Bonchev–Trinajstić information content (AvgIpc) is 3.33. The van der Waals surface area contributed by atoms with Gasteiger partial charge in [0.1, 0.15) is 5.76 Å². The molecule has 0 spiro atoms. The molecule has 4 rings (SSSR count). The van der Waals surface area contributed by atoms with E-state index < -0.39 is 0 Å². The summed E-state index contributed by atoms with van der Waals surface area (Å²) in [6.07, 6.45) is 3.65. The minimum absolute atomic E-state index is 0.0865. The number of likely N-dealkylation sites (tertiary alicyclic amines) is 1. The quantitative estimate of drug-likeness (QED) is 0.710. The predicted octanol–water partition coefficient (Wildman–Crippen LogP) is 3.78. The van der Waals surface area contributed by atoms with Gasteiger partial charge in [-0.2, -0.15) is 0 Å². The summed E-state index contributed by atoms with van der Waals surface area (Å²) in [5.74, 6) is 0.829. The molecule has 0 saturated carbocycles. The van der Waals surface area contributed by atoms with Crippen molar-refractivity contribution in [2.24, 2.45) is 0 Å². The number of rotatable bonds is 4. The number of nitrogens with zero attached hydrogens (tertiary/aromatic N) is 2. The Morgan fingerprint density at radius 3 is 2.70 bits per heavy atom. The Balaban J connectivity index is 1.52. The first-order valence-corrected chi connectivity index (χ1v) is 9.23. The molecular weight excluding hydrogens is 340 g/mol. The Kier molecular flexibility index (Phi) is 4.67. The van der Waals surface area contributed by atoms with Gasteiger partial charge in [-0.15, -0.1) is 0 Å². The summed E-state index contributed by atoms with van der Waals surface area (Å²) in [6.45, 7) is 3.10. The lowest BCUT2D eigenvalue weighted by atomic mass is 10.0. The van der Waals surface area contributed by atoms with Crippen LogP contribution in [0.25, 0.3) is 0 Å². The van der Waals surface area contributed by atoms with Gasteiger partial charge in [0.05, 0.1) is 12.6 Å². The van der Waals surface area contributed by atoms with Crippen molar-refractivity contribution in [3.63, 3.8) is 0 Å². The monoisotopic (exact) mass is 362 g/mol. The molecule has 0 aliphatic carbocycles. The fourth-order valence-corrected chi connectivity index (χ4v) is 3.62. The lowest BCUT2D eigenvalue weighted by molar-refractivity contribution is 0.0701. The number of furan rings is 1. The molecule has 3 heterocycles. The molecule has 5 heteroatoms. The summed E-state index contributed by atoms with van der Waals surface area (Å²) in [7, 11) is 0. The van der Waals surface area contributed by atoms with Crippen LogP contribution >= 0.6 is 0 Å². The van der Waals surface area contributed by atoms with Crippen molar-refractivity contribution in [2.75, 3.05) is 6.54 Å². The van der Waals surface area contributed by atoms with Crippen molar-refractivity contribution in [1.82, 2.24) is 9.47 Å². The van der Waals surface area contributed by atoms with Gasteiger partial charge in [-0.3, -0.25) is 9.59 Å². The SMILES string of the molecule is Cc1ccc(C2CCCN2C(=O)c2ccc(Cn3ccccc3=O)o2)cc1. The molecule has 27 heavy (non-hydrogen) atoms. The first-order chi connectivity index (χ1) is 13.1. The maximum Gasteiger partial charge on any atom is 0.290 e. The van der Waals surface area contributed by atoms with Gasteiger partial charge in [-0.25, -0.2) is 0 Å². The molecule has 1 aromatic carbocycles. The molecule has 0 bridgehead atoms. The van der Waals surface area contributed by atoms with Gasteiger partial charge in [0.25, 0.3) is 11.5 Å². The summed E-state index contributed by atoms with van der Waals surface area (Å²) in [6, 6.07) is 16.9. The zero-order chi connectivity index (χ0) is 18.8. The van der Waals surface area contributed by atoms with Crippen LogP contribution in [-0.2, 0) is 6.54 Å². The number of amides is 1. The highest BCUT2D eigenvalue weighted by molar-refractivity contribution is 5.92. The molecule has 0 radical (unpaired) electrons. The number of aromatic nitrogens is 1. The number of carbonyl (C=O) groups is 1. The third-order valence-corrected chi connectivity index (χ3v) is 5.07. The highest BCUT2D eigenvalue weighted by Crippen LogP contribution is 2.33. The molecule has 138 valence electrons. The minimum atomic E-state index is -0.0965. The summed E-state index contributed by atoms with van der Waals surface area (Å²) < 4.78 is 7.32. The molecule has 1 fully saturated rings. The van der Waals surface area contributed by atoms with Gasteiger partial charge in [0, 0.05) is 18.8 Å². The summed E-state index contributed by atoms with van der Waals surface area (Å²) >= 11 is 0. The van der Waals surface area contributed by atoms with Gasteiger partial charge in [0.2, 0.25) is 0 Å². The van der Waals surface area contributed by atoms with Crippen molar-refractivity contribution >= 4 is 5.91 Å². The molecule has 1 saturated heterocycles. The van der Waals surface area contributed by atoms with Crippen LogP contribution in [0.1, 0.15) is 46.3 Å². The number of hydrogen-bond acceptors (Lipinski definition) is 3. The topological polar surface area (TPSA) is 55.5 Å². The largest absolute Gasteiger partial charge is 0.454 e. The van der Waals surface area contributed by atoms with Gasteiger partial charge in [-0.05, 0) is 43.5 Å². The number of pyridine rings is 1. The van der Waals surface area contributed by atoms with E-state index in [9.17, 15) is 9.59 Å². The molecule has 1 aliphatic heterocycles. The van der Waals surface area contributed by atoms with Gasteiger partial charge < -0.3 is 13.9 Å². The zero-order valence-corrected chi connectivity index (χ0v) is 15.3. The molecular formula is C22H22N2O3. The van der Waals surface area contributed by atoms with E-state index in [0.29, 0.717) is 18.1 Å². The second kappa shape index (κ2) is 7.27. The van der Waals surface area contributed by atoms with Crippen LogP contribution in [0.15, 0.2) is 70.0 Å². The van der Waals surface area contributed by atoms with Crippen LogP contribution < -0.4 is 5.56 Å². The van der Waals surface area contributed by atoms with E-state index in [-0.39, 0.29) is 17.5 Å². The van der Waals surface area contributed by atoms with Crippen LogP contribution in [0.2, 0.25) is 0 Å². The highest BCUT2D eigenvalue weighted by Gasteiger charge is 2.32. The van der Waals surface area contributed by atoms with E-state index in [1.54, 1.807) is 35.0 Å². The molecule has 0 N–H and O–H groups in total. The normalized spacial score (nSPS) is 16.6. The maximum absolute atomic E-state index is 13.0. The van der Waals surface area contributed by atoms with Gasteiger partial charge in [-0.1, -0.05) is 35.9 Å². The highest BCUT2D eigenvalue weighted by atomic mass is 16.4. The molecule has 1 aliphatic rings. The first kappa shape index (κ1) is 17.3. The Labute approximate surface area is 157 Å². The molecule has 5 nitrogen and oxygen atoms in total. The van der Waals surface area contributed by atoms with Crippen LogP contribution in [0.3, 0.4) is 0 Å². The second-order valence-electron chi connectivity index (χ2n) is 7.00. The van der Waals surface area contributed by atoms with Gasteiger partial charge in [0.15, 0.2) is 5.76 Å². The predicted molar refractivity (Wildman–Crippen MR) is 103 cm³/mol. The Bertz CT molecular complexity index is 1000. The summed E-state index contributed by atoms with van der Waals surface area (Å²) in [4.78, 5) is 26.7. The van der Waals surface area contributed by atoms with E-state index in [0.717, 1.165) is 24.9 Å². The lowest BCUT2D eigenvalue weighted by Gasteiger charge is -2.24. The Morgan fingerprint density at radius 2 is 1.93 bits per heavy atom. The van der Waals surface area contributed by atoms with E-state index in [1.165, 1.54) is 11.6 Å². The number of hydrogen-bond donors (Lipinski definition) is 0. The fraction of sp³-hybridized carbons (Fsp3) is 0.273. The maximum atomic E-state index is 13.0. The Hall–Kier alpha value is -3.08. The molecule has 2 aromatic heterocycles. The van der Waals surface area contributed by atoms with Crippen LogP contribution in [0.5, 0.6) is 0 Å². The second-order valence-corrected chi connectivity index (χ2v) is 7.00. The lowest BCUT2D eigenvalue weighted by Crippen LogP contribution is -2.30. The number of carbonyl (C=O) groups excluding carboxylic acids is 1. The van der Waals surface area contributed by atoms with Crippen molar-refractivity contribution < 1.29 is 9.21 Å². The van der Waals surface area contributed by atoms with Crippen LogP contribution in [0, 0.1) is 6.92 Å². The van der Waals surface area contributed by atoms with Crippen molar-refractivity contribution in [3.8, 4) is 0 Å². The minimum Gasteiger partial charge on any atom is -0.454 e. The standard InChI is InChI=1S/C22H22N2O3/c1-16-7-9-17(10-8-16)19-5-4-14-24(19)22(26)20-12-11-18(27-20)15-23-13-3-2-6-21(23)25/h2-3,6-13,19H,4-5,14-15H2,1H3. The molecule has 1 atom stereocenters. The fourth-order valence-electron chi connectivity index (χ4n) is 3.62. The first-order valence-electron chi connectivity index (χ1n) is 9.23. The molecule has 3 aromatic rings. The van der Waals surface area contributed by atoms with E-state index in [4.69, 9.17) is 4.42 Å². The van der Waals surface area contributed by atoms with Crippen molar-refractivity contribution in [3.05, 3.63) is 93.8 Å². The number of aryl methyl sites for hydroxylation is 1. The summed E-state index contributed by atoms with van der Waals surface area (Å²) in [5, 5.41) is 0. The van der Waals surface area contributed by atoms with E-state index >= 15 is 0 Å². The third kappa shape index (κ3) is 3.58. The average molecular weight is 362 g/mol. The summed E-state index contributed by atoms with van der Waals surface area (Å²) in [5.41, 5.74) is 2.27. The third-order valence-electron chi connectivity index (χ3n) is 5.07. The molecule has 1 amide bonds. The number of benzene rings is 1. The molecule has 1 unspecified atom stereocenters. The van der Waals surface area contributed by atoms with E-state index in [1.807, 2.05) is 4.90 Å². The van der Waals surface area contributed by atoms with Gasteiger partial charge >= 0.3 is 0 Å². The van der Waals surface area contributed by atoms with Crippen LogP contribution in [-0.4, -0.2) is 21.9 Å². The van der Waals surface area contributed by atoms with Crippen LogP contribution in [0.4, 0.5) is 0 Å². The Morgan fingerprint density at radius 1 is 1.11 bits per heavy atom. The van der Waals surface area contributed by atoms with Crippen molar-refractivity contribution in [2.45, 2.75) is 32.4 Å². The van der Waals surface area contributed by atoms with Crippen molar-refractivity contribution in [1.29, 1.82) is 0 Å². The van der Waals surface area contributed by atoms with E-state index in [2.05, 4.69) is 31.2 Å².